The maximum atomic E-state index is 12.2. The van der Waals surface area contributed by atoms with Crippen molar-refractivity contribution >= 4 is 11.6 Å². The van der Waals surface area contributed by atoms with Crippen molar-refractivity contribution in [3.8, 4) is 11.8 Å². The fourth-order valence-electron chi connectivity index (χ4n) is 1.95. The lowest BCUT2D eigenvalue weighted by atomic mass is 10.1. The molecule has 4 nitrogen and oxygen atoms in total. The molecule has 2 rings (SSSR count). The molecule has 2 aromatic rings. The zero-order chi connectivity index (χ0) is 16.1. The Kier molecular flexibility index (Phi) is 4.80. The van der Waals surface area contributed by atoms with Gasteiger partial charge in [0.15, 0.2) is 6.10 Å². The number of nitriles is 1. The second-order valence-electron chi connectivity index (χ2n) is 5.21. The summed E-state index contributed by atoms with van der Waals surface area (Å²) in [6, 6.07) is 14.6. The van der Waals surface area contributed by atoms with E-state index in [1.165, 1.54) is 0 Å². The zero-order valence-electron chi connectivity index (χ0n) is 12.9. The smallest absolute Gasteiger partial charge is 0.265 e. The lowest BCUT2D eigenvalue weighted by Crippen LogP contribution is -2.30. The minimum absolute atomic E-state index is 0.231. The van der Waals surface area contributed by atoms with Crippen LogP contribution >= 0.6 is 0 Å². The van der Waals surface area contributed by atoms with E-state index in [1.807, 2.05) is 38.1 Å². The first-order valence-electron chi connectivity index (χ1n) is 7.04. The standard InChI is InChI=1S/C18H18N2O2/c1-12-4-5-13(2)17(10-12)22-14(3)18(21)20-16-8-6-15(11-19)7-9-16/h4-10,14H,1-3H3,(H,20,21). The van der Waals surface area contributed by atoms with Gasteiger partial charge in [0, 0.05) is 5.69 Å². The molecule has 0 saturated carbocycles. The number of hydrogen-bond donors (Lipinski definition) is 1. The number of nitrogens with zero attached hydrogens (tertiary/aromatic N) is 1. The third-order valence-electron chi connectivity index (χ3n) is 3.30. The molecule has 22 heavy (non-hydrogen) atoms. The van der Waals surface area contributed by atoms with Gasteiger partial charge in [-0.05, 0) is 62.2 Å². The number of aryl methyl sites for hydroxylation is 2. The van der Waals surface area contributed by atoms with Gasteiger partial charge in [-0.25, -0.2) is 0 Å². The Hall–Kier alpha value is -2.80. The van der Waals surface area contributed by atoms with Crippen LogP contribution in [0, 0.1) is 25.2 Å². The number of hydrogen-bond acceptors (Lipinski definition) is 3. The summed E-state index contributed by atoms with van der Waals surface area (Å²) < 4.78 is 5.74. The summed E-state index contributed by atoms with van der Waals surface area (Å²) in [5.74, 6) is 0.480. The van der Waals surface area contributed by atoms with Gasteiger partial charge in [0.05, 0.1) is 11.6 Å². The molecule has 0 aliphatic heterocycles. The molecule has 0 saturated heterocycles. The lowest BCUT2D eigenvalue weighted by Gasteiger charge is -2.16. The largest absolute Gasteiger partial charge is 0.481 e. The number of ether oxygens (including phenoxy) is 1. The molecule has 2 aromatic carbocycles. The Morgan fingerprint density at radius 2 is 1.86 bits per heavy atom. The van der Waals surface area contributed by atoms with Gasteiger partial charge < -0.3 is 10.1 Å². The number of carbonyl (C=O) groups is 1. The SMILES string of the molecule is Cc1ccc(C)c(OC(C)C(=O)Nc2ccc(C#N)cc2)c1. The quantitative estimate of drug-likeness (QED) is 0.937. The number of anilines is 1. The maximum absolute atomic E-state index is 12.2. The van der Waals surface area contributed by atoms with E-state index in [-0.39, 0.29) is 5.91 Å². The average Bonchev–Trinajstić information content (AvgIpc) is 2.51. The van der Waals surface area contributed by atoms with Crippen LogP contribution in [0.1, 0.15) is 23.6 Å². The van der Waals surface area contributed by atoms with Crippen molar-refractivity contribution in [3.05, 3.63) is 59.2 Å². The summed E-state index contributed by atoms with van der Waals surface area (Å²) in [7, 11) is 0. The number of rotatable bonds is 4. The maximum Gasteiger partial charge on any atom is 0.265 e. The topological polar surface area (TPSA) is 62.1 Å². The molecular weight excluding hydrogens is 276 g/mol. The molecule has 4 heteroatoms. The minimum atomic E-state index is -0.615. The molecule has 0 aliphatic rings. The van der Waals surface area contributed by atoms with E-state index in [2.05, 4.69) is 5.32 Å². The molecule has 0 aromatic heterocycles. The van der Waals surface area contributed by atoms with Crippen molar-refractivity contribution in [1.29, 1.82) is 5.26 Å². The van der Waals surface area contributed by atoms with Crippen LogP contribution in [0.15, 0.2) is 42.5 Å². The third-order valence-corrected chi connectivity index (χ3v) is 3.30. The van der Waals surface area contributed by atoms with Crippen LogP contribution in [0.25, 0.3) is 0 Å². The average molecular weight is 294 g/mol. The summed E-state index contributed by atoms with van der Waals surface area (Å²) in [6.07, 6.45) is -0.615. The number of benzene rings is 2. The molecule has 1 amide bonds. The highest BCUT2D eigenvalue weighted by Gasteiger charge is 2.16. The van der Waals surface area contributed by atoms with Crippen molar-refractivity contribution in [2.75, 3.05) is 5.32 Å². The second-order valence-corrected chi connectivity index (χ2v) is 5.21. The van der Waals surface area contributed by atoms with E-state index < -0.39 is 6.10 Å². The van der Waals surface area contributed by atoms with Gasteiger partial charge in [-0.1, -0.05) is 12.1 Å². The summed E-state index contributed by atoms with van der Waals surface area (Å²) >= 11 is 0. The lowest BCUT2D eigenvalue weighted by molar-refractivity contribution is -0.122. The van der Waals surface area contributed by atoms with Gasteiger partial charge >= 0.3 is 0 Å². The second kappa shape index (κ2) is 6.77. The van der Waals surface area contributed by atoms with E-state index in [4.69, 9.17) is 10.00 Å². The molecular formula is C18H18N2O2. The van der Waals surface area contributed by atoms with Crippen molar-refractivity contribution in [2.45, 2.75) is 26.9 Å². The number of carbonyl (C=O) groups excluding carboxylic acids is 1. The fraction of sp³-hybridized carbons (Fsp3) is 0.222. The van der Waals surface area contributed by atoms with E-state index >= 15 is 0 Å². The monoisotopic (exact) mass is 294 g/mol. The van der Waals surface area contributed by atoms with Crippen molar-refractivity contribution in [2.24, 2.45) is 0 Å². The van der Waals surface area contributed by atoms with Gasteiger partial charge in [-0.15, -0.1) is 0 Å². The van der Waals surface area contributed by atoms with E-state index in [0.29, 0.717) is 17.0 Å². The van der Waals surface area contributed by atoms with E-state index in [1.54, 1.807) is 31.2 Å². The molecule has 0 spiro atoms. The van der Waals surface area contributed by atoms with Crippen LogP contribution in [-0.4, -0.2) is 12.0 Å². The molecule has 0 bridgehead atoms. The van der Waals surface area contributed by atoms with Gasteiger partial charge in [-0.2, -0.15) is 5.26 Å². The van der Waals surface area contributed by atoms with Crippen molar-refractivity contribution in [1.82, 2.24) is 0 Å². The highest BCUT2D eigenvalue weighted by molar-refractivity contribution is 5.94. The fourth-order valence-corrected chi connectivity index (χ4v) is 1.95. The normalized spacial score (nSPS) is 11.4. The molecule has 112 valence electrons. The summed E-state index contributed by atoms with van der Waals surface area (Å²) in [4.78, 5) is 12.2. The predicted molar refractivity (Wildman–Crippen MR) is 85.8 cm³/mol. The van der Waals surface area contributed by atoms with Crippen LogP contribution in [0.4, 0.5) is 5.69 Å². The molecule has 0 fully saturated rings. The predicted octanol–water partition coefficient (Wildman–Crippen LogP) is 3.58. The van der Waals surface area contributed by atoms with E-state index in [9.17, 15) is 4.79 Å². The minimum Gasteiger partial charge on any atom is -0.481 e. The first-order valence-corrected chi connectivity index (χ1v) is 7.04. The van der Waals surface area contributed by atoms with Crippen LogP contribution in [0.5, 0.6) is 5.75 Å². The summed E-state index contributed by atoms with van der Waals surface area (Å²) in [6.45, 7) is 5.63. The van der Waals surface area contributed by atoms with Crippen LogP contribution in [0.3, 0.4) is 0 Å². The molecule has 1 N–H and O–H groups in total. The molecule has 0 heterocycles. The van der Waals surface area contributed by atoms with Crippen LogP contribution in [0.2, 0.25) is 0 Å². The molecule has 1 atom stereocenters. The first-order chi connectivity index (χ1) is 10.5. The third kappa shape index (κ3) is 3.86. The molecule has 0 radical (unpaired) electrons. The molecule has 0 aliphatic carbocycles. The van der Waals surface area contributed by atoms with Crippen LogP contribution in [-0.2, 0) is 4.79 Å². The Labute approximate surface area is 130 Å². The van der Waals surface area contributed by atoms with E-state index in [0.717, 1.165) is 11.1 Å². The Bertz CT molecular complexity index is 715. The summed E-state index contributed by atoms with van der Waals surface area (Å²) in [5.41, 5.74) is 3.27. The highest BCUT2D eigenvalue weighted by Crippen LogP contribution is 2.21. The van der Waals surface area contributed by atoms with Gasteiger partial charge in [-0.3, -0.25) is 4.79 Å². The zero-order valence-corrected chi connectivity index (χ0v) is 12.9. The first kappa shape index (κ1) is 15.6. The molecule has 1 unspecified atom stereocenters. The highest BCUT2D eigenvalue weighted by atomic mass is 16.5. The number of amides is 1. The van der Waals surface area contributed by atoms with Gasteiger partial charge in [0.2, 0.25) is 0 Å². The Morgan fingerprint density at radius 3 is 2.50 bits per heavy atom. The van der Waals surface area contributed by atoms with Crippen molar-refractivity contribution < 1.29 is 9.53 Å². The Balaban J connectivity index is 2.02. The van der Waals surface area contributed by atoms with Gasteiger partial charge in [0.1, 0.15) is 5.75 Å². The summed E-state index contributed by atoms with van der Waals surface area (Å²) in [5, 5.41) is 11.5. The Morgan fingerprint density at radius 1 is 1.18 bits per heavy atom. The van der Waals surface area contributed by atoms with Gasteiger partial charge in [0.25, 0.3) is 5.91 Å². The van der Waals surface area contributed by atoms with Crippen molar-refractivity contribution in [3.63, 3.8) is 0 Å². The number of nitrogens with one attached hydrogen (secondary N) is 1. The van der Waals surface area contributed by atoms with Crippen LogP contribution < -0.4 is 10.1 Å².